The van der Waals surface area contributed by atoms with Gasteiger partial charge in [0.1, 0.15) is 11.5 Å². The summed E-state index contributed by atoms with van der Waals surface area (Å²) in [4.78, 5) is 11.7. The fraction of sp³-hybridized carbons (Fsp3) is 0.450. The number of urea groups is 1. The number of benzene rings is 1. The first-order valence-electron chi connectivity index (χ1n) is 8.97. The molecule has 1 aromatic heterocycles. The second kappa shape index (κ2) is 7.74. The molecule has 2 aromatic rings. The molecule has 2 atom stereocenters. The Morgan fingerprint density at radius 1 is 1.16 bits per heavy atom. The standard InChI is InChI=1S/C20H27N3O2/c1-13(2)22-20(24)23-16-6-4-15(5-7-16)11-21-12-17-8-9-19(25-17)18-10-14(18)3/h4-9,13-14,18,21H,10-12H2,1-3H3,(H2,22,23,24). The Labute approximate surface area is 149 Å². The molecule has 5 heteroatoms. The summed E-state index contributed by atoms with van der Waals surface area (Å²) in [5.41, 5.74) is 1.95. The van der Waals surface area contributed by atoms with E-state index in [1.165, 1.54) is 6.42 Å². The van der Waals surface area contributed by atoms with Crippen LogP contribution in [0.2, 0.25) is 0 Å². The number of hydrogen-bond acceptors (Lipinski definition) is 3. The number of hydrogen-bond donors (Lipinski definition) is 3. The van der Waals surface area contributed by atoms with Crippen LogP contribution in [0.3, 0.4) is 0 Å². The highest BCUT2D eigenvalue weighted by molar-refractivity contribution is 5.89. The number of carbonyl (C=O) groups is 1. The molecule has 1 fully saturated rings. The summed E-state index contributed by atoms with van der Waals surface area (Å²) in [5.74, 6) is 3.50. The van der Waals surface area contributed by atoms with Crippen LogP contribution >= 0.6 is 0 Å². The van der Waals surface area contributed by atoms with Gasteiger partial charge in [-0.05, 0) is 56.0 Å². The highest BCUT2D eigenvalue weighted by Gasteiger charge is 2.36. The molecule has 1 aliphatic rings. The molecule has 2 amide bonds. The molecule has 0 saturated heterocycles. The molecule has 3 N–H and O–H groups in total. The predicted octanol–water partition coefficient (Wildman–Crippen LogP) is 4.22. The Bertz CT molecular complexity index is 706. The Morgan fingerprint density at radius 2 is 1.88 bits per heavy atom. The van der Waals surface area contributed by atoms with Crippen molar-refractivity contribution in [3.05, 3.63) is 53.5 Å². The molecule has 134 valence electrons. The summed E-state index contributed by atoms with van der Waals surface area (Å²) in [7, 11) is 0. The Kier molecular flexibility index (Phi) is 5.43. The lowest BCUT2D eigenvalue weighted by Gasteiger charge is -2.10. The molecule has 0 spiro atoms. The van der Waals surface area contributed by atoms with Crippen molar-refractivity contribution in [2.24, 2.45) is 5.92 Å². The minimum absolute atomic E-state index is 0.119. The molecular weight excluding hydrogens is 314 g/mol. The molecule has 1 aromatic carbocycles. The summed E-state index contributed by atoms with van der Waals surface area (Å²) in [6, 6.07) is 12.0. The lowest BCUT2D eigenvalue weighted by Crippen LogP contribution is -2.34. The molecule has 1 heterocycles. The van der Waals surface area contributed by atoms with Crippen LogP contribution in [0, 0.1) is 5.92 Å². The van der Waals surface area contributed by atoms with Gasteiger partial charge < -0.3 is 20.4 Å². The topological polar surface area (TPSA) is 66.3 Å². The van der Waals surface area contributed by atoms with Crippen molar-refractivity contribution in [2.45, 2.75) is 52.2 Å². The summed E-state index contributed by atoms with van der Waals surface area (Å²) in [5, 5.41) is 9.02. The van der Waals surface area contributed by atoms with Gasteiger partial charge in [0.05, 0.1) is 6.54 Å². The van der Waals surface area contributed by atoms with E-state index in [0.29, 0.717) is 5.92 Å². The van der Waals surface area contributed by atoms with Gasteiger partial charge in [0.2, 0.25) is 0 Å². The van der Waals surface area contributed by atoms with E-state index in [4.69, 9.17) is 4.42 Å². The zero-order chi connectivity index (χ0) is 17.8. The second-order valence-electron chi connectivity index (χ2n) is 7.18. The minimum Gasteiger partial charge on any atom is -0.464 e. The van der Waals surface area contributed by atoms with E-state index in [2.05, 4.69) is 35.0 Å². The van der Waals surface area contributed by atoms with E-state index >= 15 is 0 Å². The fourth-order valence-electron chi connectivity index (χ4n) is 2.87. The first kappa shape index (κ1) is 17.5. The maximum atomic E-state index is 11.7. The Balaban J connectivity index is 1.42. The number of nitrogens with one attached hydrogen (secondary N) is 3. The normalized spacial score (nSPS) is 19.0. The van der Waals surface area contributed by atoms with Gasteiger partial charge in [-0.1, -0.05) is 19.1 Å². The Morgan fingerprint density at radius 3 is 2.52 bits per heavy atom. The third-order valence-corrected chi connectivity index (χ3v) is 4.42. The van der Waals surface area contributed by atoms with Crippen LogP contribution in [0.15, 0.2) is 40.8 Å². The van der Waals surface area contributed by atoms with Crippen LogP contribution in [-0.2, 0) is 13.1 Å². The van der Waals surface area contributed by atoms with E-state index in [0.717, 1.165) is 41.8 Å². The van der Waals surface area contributed by atoms with Crippen LogP contribution in [0.4, 0.5) is 10.5 Å². The summed E-state index contributed by atoms with van der Waals surface area (Å²) in [6.07, 6.45) is 1.25. The maximum Gasteiger partial charge on any atom is 0.319 e. The number of amides is 2. The number of furan rings is 1. The van der Waals surface area contributed by atoms with E-state index in [1.54, 1.807) is 0 Å². The molecular formula is C20H27N3O2. The summed E-state index contributed by atoms with van der Waals surface area (Å²) < 4.78 is 5.89. The monoisotopic (exact) mass is 341 g/mol. The van der Waals surface area contributed by atoms with Gasteiger partial charge in [0, 0.05) is 24.2 Å². The molecule has 3 rings (SSSR count). The van der Waals surface area contributed by atoms with Crippen molar-refractivity contribution < 1.29 is 9.21 Å². The van der Waals surface area contributed by atoms with Gasteiger partial charge in [-0.2, -0.15) is 0 Å². The van der Waals surface area contributed by atoms with Crippen molar-refractivity contribution in [1.82, 2.24) is 10.6 Å². The number of carbonyl (C=O) groups excluding carboxylic acids is 1. The van der Waals surface area contributed by atoms with Crippen molar-refractivity contribution in [3.8, 4) is 0 Å². The van der Waals surface area contributed by atoms with Crippen LogP contribution in [-0.4, -0.2) is 12.1 Å². The van der Waals surface area contributed by atoms with Crippen LogP contribution in [0.25, 0.3) is 0 Å². The number of rotatable bonds is 7. The third kappa shape index (κ3) is 5.10. The quantitative estimate of drug-likeness (QED) is 0.706. The first-order valence-corrected chi connectivity index (χ1v) is 8.97. The van der Waals surface area contributed by atoms with Crippen molar-refractivity contribution >= 4 is 11.7 Å². The third-order valence-electron chi connectivity index (χ3n) is 4.42. The Hall–Kier alpha value is -2.27. The molecule has 0 aliphatic heterocycles. The largest absolute Gasteiger partial charge is 0.464 e. The van der Waals surface area contributed by atoms with Gasteiger partial charge in [0.25, 0.3) is 0 Å². The van der Waals surface area contributed by atoms with Gasteiger partial charge in [-0.25, -0.2) is 4.79 Å². The van der Waals surface area contributed by atoms with E-state index in [-0.39, 0.29) is 12.1 Å². The van der Waals surface area contributed by atoms with E-state index in [9.17, 15) is 4.79 Å². The molecule has 1 saturated carbocycles. The fourth-order valence-corrected chi connectivity index (χ4v) is 2.87. The second-order valence-corrected chi connectivity index (χ2v) is 7.18. The molecule has 0 bridgehead atoms. The van der Waals surface area contributed by atoms with E-state index < -0.39 is 0 Å². The number of anilines is 1. The zero-order valence-corrected chi connectivity index (χ0v) is 15.1. The molecule has 2 unspecified atom stereocenters. The van der Waals surface area contributed by atoms with Crippen LogP contribution in [0.5, 0.6) is 0 Å². The highest BCUT2D eigenvalue weighted by Crippen LogP contribution is 2.47. The van der Waals surface area contributed by atoms with Crippen molar-refractivity contribution in [1.29, 1.82) is 0 Å². The van der Waals surface area contributed by atoms with E-state index in [1.807, 2.05) is 38.1 Å². The van der Waals surface area contributed by atoms with Crippen molar-refractivity contribution in [2.75, 3.05) is 5.32 Å². The molecule has 0 radical (unpaired) electrons. The smallest absolute Gasteiger partial charge is 0.319 e. The average molecular weight is 341 g/mol. The lowest BCUT2D eigenvalue weighted by molar-refractivity contribution is 0.250. The van der Waals surface area contributed by atoms with Gasteiger partial charge >= 0.3 is 6.03 Å². The zero-order valence-electron chi connectivity index (χ0n) is 15.1. The highest BCUT2D eigenvalue weighted by atomic mass is 16.3. The minimum atomic E-state index is -0.181. The van der Waals surface area contributed by atoms with Gasteiger partial charge in [-0.3, -0.25) is 0 Å². The van der Waals surface area contributed by atoms with Crippen molar-refractivity contribution in [3.63, 3.8) is 0 Å². The first-order chi connectivity index (χ1) is 12.0. The molecule has 1 aliphatic carbocycles. The van der Waals surface area contributed by atoms with Crippen LogP contribution in [0.1, 0.15) is 50.2 Å². The SMILES string of the molecule is CC(C)NC(=O)Nc1ccc(CNCc2ccc(C3CC3C)o2)cc1. The summed E-state index contributed by atoms with van der Waals surface area (Å²) in [6.45, 7) is 7.60. The van der Waals surface area contributed by atoms with Crippen LogP contribution < -0.4 is 16.0 Å². The average Bonchev–Trinajstić information content (AvgIpc) is 3.10. The van der Waals surface area contributed by atoms with Gasteiger partial charge in [0.15, 0.2) is 0 Å². The predicted molar refractivity (Wildman–Crippen MR) is 99.5 cm³/mol. The summed E-state index contributed by atoms with van der Waals surface area (Å²) >= 11 is 0. The lowest BCUT2D eigenvalue weighted by atomic mass is 10.2. The maximum absolute atomic E-state index is 11.7. The molecule has 5 nitrogen and oxygen atoms in total. The molecule has 25 heavy (non-hydrogen) atoms. The van der Waals surface area contributed by atoms with Gasteiger partial charge in [-0.15, -0.1) is 0 Å².